The molecule has 1 unspecified atom stereocenters. The predicted molar refractivity (Wildman–Crippen MR) is 140 cm³/mol. The Kier molecular flexibility index (Phi) is 9.21. The van der Waals surface area contributed by atoms with Crippen molar-refractivity contribution in [3.05, 3.63) is 59.4 Å². The second-order valence-corrected chi connectivity index (χ2v) is 10.7. The normalized spacial score (nSPS) is 12.9. The van der Waals surface area contributed by atoms with Crippen LogP contribution in [0.1, 0.15) is 65.0 Å². The van der Waals surface area contributed by atoms with Crippen LogP contribution in [0.15, 0.2) is 42.5 Å². The van der Waals surface area contributed by atoms with Crippen LogP contribution < -0.4 is 21.7 Å². The van der Waals surface area contributed by atoms with Crippen LogP contribution in [0.4, 0.5) is 20.6 Å². The molecule has 2 rings (SSSR count). The maximum atomic E-state index is 13.2. The second kappa shape index (κ2) is 11.5. The summed E-state index contributed by atoms with van der Waals surface area (Å²) in [4.78, 5) is 12.4. The zero-order chi connectivity index (χ0) is 25.5. The smallest absolute Gasteiger partial charge is 0.315 e. The molecule has 7 heteroatoms. The van der Waals surface area contributed by atoms with E-state index < -0.39 is 5.54 Å². The maximum absolute atomic E-state index is 13.2. The highest BCUT2D eigenvalue weighted by Gasteiger charge is 2.32. The van der Waals surface area contributed by atoms with Gasteiger partial charge in [-0.25, -0.2) is 9.18 Å². The molecule has 34 heavy (non-hydrogen) atoms. The lowest BCUT2D eigenvalue weighted by Gasteiger charge is -2.37. The Hall–Kier alpha value is -2.93. The van der Waals surface area contributed by atoms with Crippen molar-refractivity contribution in [3.8, 4) is 0 Å². The highest BCUT2D eigenvalue weighted by Crippen LogP contribution is 2.41. The molecule has 0 fully saturated rings. The number of amides is 2. The summed E-state index contributed by atoms with van der Waals surface area (Å²) in [6.07, 6.45) is 2.27. The minimum atomic E-state index is -0.474. The molecule has 2 amide bonds. The Morgan fingerprint density at radius 2 is 1.76 bits per heavy atom. The minimum Gasteiger partial charge on any atom is -0.355 e. The lowest BCUT2D eigenvalue weighted by atomic mass is 9.71. The summed E-state index contributed by atoms with van der Waals surface area (Å²) >= 11 is 0. The molecule has 0 heterocycles. The van der Waals surface area contributed by atoms with E-state index in [0.717, 1.165) is 28.9 Å². The maximum Gasteiger partial charge on any atom is 0.315 e. The van der Waals surface area contributed by atoms with Crippen molar-refractivity contribution >= 4 is 23.6 Å². The SMILES string of the molecule is CC(C)CC(c1ccc(Nc2ccc(F)cc2)c(C=N)c1)C(C)(C)CNC(=O)NC(C)(C)CN. The number of carbonyl (C=O) groups is 1. The van der Waals surface area contributed by atoms with E-state index in [1.807, 2.05) is 26.0 Å². The monoisotopic (exact) mass is 469 g/mol. The first-order valence-electron chi connectivity index (χ1n) is 11.8. The van der Waals surface area contributed by atoms with Crippen molar-refractivity contribution in [2.75, 3.05) is 18.4 Å². The van der Waals surface area contributed by atoms with Crippen LogP contribution >= 0.6 is 0 Å². The van der Waals surface area contributed by atoms with Crippen LogP contribution in [-0.4, -0.2) is 30.9 Å². The number of hydrogen-bond acceptors (Lipinski definition) is 4. The zero-order valence-electron chi connectivity index (χ0n) is 21.3. The molecular formula is C27H40FN5O. The largest absolute Gasteiger partial charge is 0.355 e. The van der Waals surface area contributed by atoms with E-state index in [4.69, 9.17) is 11.1 Å². The molecule has 0 aliphatic carbocycles. The summed E-state index contributed by atoms with van der Waals surface area (Å²) < 4.78 is 13.2. The summed E-state index contributed by atoms with van der Waals surface area (Å²) in [5.74, 6) is 0.324. The first-order chi connectivity index (χ1) is 15.9. The van der Waals surface area contributed by atoms with Crippen LogP contribution in [-0.2, 0) is 0 Å². The van der Waals surface area contributed by atoms with Gasteiger partial charge in [0, 0.05) is 41.8 Å². The molecule has 2 aromatic carbocycles. The van der Waals surface area contributed by atoms with Crippen molar-refractivity contribution in [2.45, 2.75) is 59.4 Å². The molecule has 1 atom stereocenters. The fourth-order valence-corrected chi connectivity index (χ4v) is 3.93. The first kappa shape index (κ1) is 27.3. The van der Waals surface area contributed by atoms with Crippen LogP contribution in [0.5, 0.6) is 0 Å². The highest BCUT2D eigenvalue weighted by molar-refractivity contribution is 5.87. The number of halogens is 1. The molecule has 0 radical (unpaired) electrons. The summed E-state index contributed by atoms with van der Waals surface area (Å²) in [6.45, 7) is 13.3. The number of carbonyl (C=O) groups excluding carboxylic acids is 1. The molecule has 2 aromatic rings. The van der Waals surface area contributed by atoms with Crippen LogP contribution in [0.3, 0.4) is 0 Å². The van der Waals surface area contributed by atoms with Gasteiger partial charge in [-0.15, -0.1) is 0 Å². The molecule has 6 N–H and O–H groups in total. The number of urea groups is 1. The van der Waals surface area contributed by atoms with E-state index in [-0.39, 0.29) is 23.2 Å². The van der Waals surface area contributed by atoms with E-state index in [9.17, 15) is 9.18 Å². The van der Waals surface area contributed by atoms with Gasteiger partial charge in [-0.3, -0.25) is 0 Å². The third kappa shape index (κ3) is 7.83. The Labute approximate surface area is 203 Å². The number of anilines is 2. The standard InChI is InChI=1S/C27H40FN5O/c1-18(2)13-23(26(3,4)17-31-25(34)33-27(5,6)16-30)19-7-12-24(20(14-19)15-29)32-22-10-8-21(28)9-11-22/h7-12,14-15,18,23,29,32H,13,16-17,30H2,1-6H3,(H2,31,33,34). The first-order valence-corrected chi connectivity index (χ1v) is 11.8. The number of rotatable bonds is 11. The average molecular weight is 470 g/mol. The van der Waals surface area contributed by atoms with Gasteiger partial charge in [-0.05, 0) is 79.5 Å². The third-order valence-electron chi connectivity index (χ3n) is 6.07. The van der Waals surface area contributed by atoms with Crippen LogP contribution in [0.25, 0.3) is 0 Å². The lowest BCUT2D eigenvalue weighted by molar-refractivity contribution is 0.210. The molecule has 0 bridgehead atoms. The fourth-order valence-electron chi connectivity index (χ4n) is 3.93. The van der Waals surface area contributed by atoms with E-state index in [2.05, 4.69) is 49.7 Å². The second-order valence-electron chi connectivity index (χ2n) is 10.7. The third-order valence-corrected chi connectivity index (χ3v) is 6.07. The molecule has 0 aromatic heterocycles. The van der Waals surface area contributed by atoms with E-state index in [1.165, 1.54) is 18.3 Å². The van der Waals surface area contributed by atoms with Gasteiger partial charge >= 0.3 is 6.03 Å². The molecule has 0 saturated carbocycles. The van der Waals surface area contributed by atoms with Gasteiger partial charge in [-0.2, -0.15) is 0 Å². The molecule has 0 aliphatic rings. The zero-order valence-corrected chi connectivity index (χ0v) is 21.3. The lowest BCUT2D eigenvalue weighted by Crippen LogP contribution is -2.53. The molecule has 186 valence electrons. The molecule has 6 nitrogen and oxygen atoms in total. The number of benzene rings is 2. The van der Waals surface area contributed by atoms with E-state index in [1.54, 1.807) is 12.1 Å². The number of hydrogen-bond donors (Lipinski definition) is 5. The van der Waals surface area contributed by atoms with Crippen molar-refractivity contribution in [1.29, 1.82) is 5.41 Å². The Bertz CT molecular complexity index is 969. The van der Waals surface area contributed by atoms with Crippen molar-refractivity contribution in [3.63, 3.8) is 0 Å². The summed E-state index contributed by atoms with van der Waals surface area (Å²) in [6, 6.07) is 12.0. The van der Waals surface area contributed by atoms with Gasteiger partial charge in [0.1, 0.15) is 5.82 Å². The van der Waals surface area contributed by atoms with E-state index in [0.29, 0.717) is 19.0 Å². The Balaban J connectivity index is 2.26. The molecule has 0 spiro atoms. The number of nitrogens with two attached hydrogens (primary N) is 1. The molecular weight excluding hydrogens is 429 g/mol. The Morgan fingerprint density at radius 1 is 1.12 bits per heavy atom. The summed E-state index contributed by atoms with van der Waals surface area (Å²) in [7, 11) is 0. The topological polar surface area (TPSA) is 103 Å². The van der Waals surface area contributed by atoms with Crippen molar-refractivity contribution < 1.29 is 9.18 Å². The van der Waals surface area contributed by atoms with Gasteiger partial charge < -0.3 is 27.1 Å². The van der Waals surface area contributed by atoms with Crippen molar-refractivity contribution in [2.24, 2.45) is 17.1 Å². The van der Waals surface area contributed by atoms with Gasteiger partial charge in [-0.1, -0.05) is 33.8 Å². The summed E-state index contributed by atoms with van der Waals surface area (Å²) in [5.41, 5.74) is 8.43. The summed E-state index contributed by atoms with van der Waals surface area (Å²) in [5, 5.41) is 17.2. The van der Waals surface area contributed by atoms with Gasteiger partial charge in [0.25, 0.3) is 0 Å². The van der Waals surface area contributed by atoms with Gasteiger partial charge in [0.2, 0.25) is 0 Å². The van der Waals surface area contributed by atoms with Crippen molar-refractivity contribution in [1.82, 2.24) is 10.6 Å². The Morgan fingerprint density at radius 3 is 2.32 bits per heavy atom. The minimum absolute atomic E-state index is 0.161. The number of nitrogens with one attached hydrogen (secondary N) is 4. The highest BCUT2D eigenvalue weighted by atomic mass is 19.1. The predicted octanol–water partition coefficient (Wildman–Crippen LogP) is 5.76. The van der Waals surface area contributed by atoms with Crippen LogP contribution in [0, 0.1) is 22.6 Å². The molecule has 0 aliphatic heterocycles. The van der Waals surface area contributed by atoms with Gasteiger partial charge in [0.05, 0.1) is 0 Å². The molecule has 0 saturated heterocycles. The fraction of sp³-hybridized carbons (Fsp3) is 0.481. The van der Waals surface area contributed by atoms with Gasteiger partial charge in [0.15, 0.2) is 0 Å². The quantitative estimate of drug-likeness (QED) is 0.270. The van der Waals surface area contributed by atoms with E-state index >= 15 is 0 Å². The van der Waals surface area contributed by atoms with Crippen LogP contribution in [0.2, 0.25) is 0 Å². The average Bonchev–Trinajstić information content (AvgIpc) is 2.77.